The van der Waals surface area contributed by atoms with Crippen LogP contribution in [0.15, 0.2) is 30.3 Å². The fourth-order valence-electron chi connectivity index (χ4n) is 5.45. The van der Waals surface area contributed by atoms with Gasteiger partial charge >= 0.3 is 5.97 Å². The second-order valence-electron chi connectivity index (χ2n) is 9.05. The summed E-state index contributed by atoms with van der Waals surface area (Å²) in [7, 11) is 0. The van der Waals surface area contributed by atoms with Crippen LogP contribution in [0.5, 0.6) is 0 Å². The lowest BCUT2D eigenvalue weighted by Crippen LogP contribution is -2.42. The van der Waals surface area contributed by atoms with E-state index in [0.717, 1.165) is 33.4 Å². The summed E-state index contributed by atoms with van der Waals surface area (Å²) in [6, 6.07) is 9.33. The van der Waals surface area contributed by atoms with E-state index in [1.54, 1.807) is 16.8 Å². The Bertz CT molecular complexity index is 1190. The summed E-state index contributed by atoms with van der Waals surface area (Å²) in [5.74, 6) is 1.37. The largest absolute Gasteiger partial charge is 0.451 e. The number of aryl methyl sites for hydroxylation is 1. The van der Waals surface area contributed by atoms with Crippen molar-refractivity contribution in [2.24, 2.45) is 17.8 Å². The number of hydrogen-bond acceptors (Lipinski definition) is 5. The number of ether oxygens (including phenoxy) is 1. The van der Waals surface area contributed by atoms with Gasteiger partial charge in [0.05, 0.1) is 16.4 Å². The van der Waals surface area contributed by atoms with Crippen molar-refractivity contribution in [1.29, 1.82) is 0 Å². The predicted octanol–water partition coefficient (Wildman–Crippen LogP) is 5.15. The van der Waals surface area contributed by atoms with Crippen molar-refractivity contribution in [3.63, 3.8) is 0 Å². The molecule has 8 heteroatoms. The summed E-state index contributed by atoms with van der Waals surface area (Å²) in [4.78, 5) is 26.3. The molecule has 0 radical (unpaired) electrons. The highest BCUT2D eigenvalue weighted by atomic mass is 35.5. The van der Waals surface area contributed by atoms with Gasteiger partial charge in [-0.1, -0.05) is 30.2 Å². The van der Waals surface area contributed by atoms with E-state index in [4.69, 9.17) is 16.3 Å². The molecule has 0 spiro atoms. The van der Waals surface area contributed by atoms with Crippen molar-refractivity contribution >= 4 is 45.0 Å². The van der Waals surface area contributed by atoms with Crippen molar-refractivity contribution in [3.8, 4) is 5.69 Å². The first-order valence-corrected chi connectivity index (χ1v) is 12.3. The molecule has 0 unspecified atom stereocenters. The van der Waals surface area contributed by atoms with Crippen molar-refractivity contribution in [1.82, 2.24) is 15.1 Å². The number of hydrogen-bond donors (Lipinski definition) is 1. The van der Waals surface area contributed by atoms with Gasteiger partial charge in [0, 0.05) is 11.4 Å². The summed E-state index contributed by atoms with van der Waals surface area (Å²) in [5, 5.41) is 9.06. The minimum atomic E-state index is -0.501. The topological polar surface area (TPSA) is 73.2 Å². The average molecular weight is 472 g/mol. The number of fused-ring (bicyclic) bond motifs is 3. The SMILES string of the molecule is Cc1nn(-c2ccccc2Cl)c2sc(C(=O)OCC(=O)N[C@H](C)[C@H]3C[C@H]4CC[C@H]3C4)cc12. The minimum absolute atomic E-state index is 0.116. The molecule has 6 nitrogen and oxygen atoms in total. The molecule has 2 bridgehead atoms. The van der Waals surface area contributed by atoms with Crippen LogP contribution in [-0.2, 0) is 9.53 Å². The zero-order chi connectivity index (χ0) is 22.4. The predicted molar refractivity (Wildman–Crippen MR) is 126 cm³/mol. The molecule has 3 aromatic rings. The van der Waals surface area contributed by atoms with Crippen LogP contribution < -0.4 is 5.32 Å². The maximum Gasteiger partial charge on any atom is 0.348 e. The average Bonchev–Trinajstić information content (AvgIpc) is 3.55. The molecule has 0 saturated heterocycles. The number of carbonyl (C=O) groups excluding carboxylic acids is 2. The van der Waals surface area contributed by atoms with Crippen LogP contribution in [0.1, 0.15) is 48.0 Å². The summed E-state index contributed by atoms with van der Waals surface area (Å²) in [6.45, 7) is 3.69. The Morgan fingerprint density at radius 3 is 2.84 bits per heavy atom. The van der Waals surface area contributed by atoms with E-state index in [0.29, 0.717) is 15.8 Å². The van der Waals surface area contributed by atoms with Crippen LogP contribution in [-0.4, -0.2) is 34.3 Å². The molecule has 2 aliphatic rings. The van der Waals surface area contributed by atoms with Gasteiger partial charge in [0.2, 0.25) is 0 Å². The molecule has 2 aromatic heterocycles. The van der Waals surface area contributed by atoms with Crippen LogP contribution in [0.2, 0.25) is 5.02 Å². The molecule has 1 amide bonds. The molecule has 1 aromatic carbocycles. The van der Waals surface area contributed by atoms with Gasteiger partial charge in [-0.2, -0.15) is 5.10 Å². The van der Waals surface area contributed by atoms with Crippen molar-refractivity contribution in [2.75, 3.05) is 6.61 Å². The first kappa shape index (κ1) is 21.5. The fraction of sp³-hybridized carbons (Fsp3) is 0.458. The Kier molecular flexibility index (Phi) is 5.72. The Morgan fingerprint density at radius 2 is 2.12 bits per heavy atom. The quantitative estimate of drug-likeness (QED) is 0.505. The molecule has 5 rings (SSSR count). The van der Waals surface area contributed by atoms with Crippen LogP contribution in [0, 0.1) is 24.7 Å². The third-order valence-electron chi connectivity index (χ3n) is 6.98. The number of benzene rings is 1. The summed E-state index contributed by atoms with van der Waals surface area (Å²) in [5.41, 5.74) is 1.55. The molecule has 32 heavy (non-hydrogen) atoms. The normalized spacial score (nSPS) is 22.9. The number of nitrogens with one attached hydrogen (secondary N) is 1. The summed E-state index contributed by atoms with van der Waals surface area (Å²) >= 11 is 7.63. The number of aromatic nitrogens is 2. The second kappa shape index (κ2) is 8.52. The first-order valence-electron chi connectivity index (χ1n) is 11.1. The Morgan fingerprint density at radius 1 is 1.31 bits per heavy atom. The lowest BCUT2D eigenvalue weighted by Gasteiger charge is -2.28. The Labute approximate surface area is 195 Å². The van der Waals surface area contributed by atoms with E-state index >= 15 is 0 Å². The molecule has 0 aliphatic heterocycles. The highest BCUT2D eigenvalue weighted by Gasteiger charge is 2.42. The molecule has 2 fully saturated rings. The fourth-order valence-corrected chi connectivity index (χ4v) is 6.73. The number of halogens is 1. The van der Waals surface area contributed by atoms with Gasteiger partial charge in [0.1, 0.15) is 9.71 Å². The highest BCUT2D eigenvalue weighted by molar-refractivity contribution is 7.20. The lowest BCUT2D eigenvalue weighted by atomic mass is 9.84. The van der Waals surface area contributed by atoms with E-state index in [1.807, 2.05) is 25.1 Å². The monoisotopic (exact) mass is 471 g/mol. The van der Waals surface area contributed by atoms with E-state index in [9.17, 15) is 9.59 Å². The third kappa shape index (κ3) is 3.92. The molecule has 2 saturated carbocycles. The number of carbonyl (C=O) groups is 2. The molecule has 2 heterocycles. The summed E-state index contributed by atoms with van der Waals surface area (Å²) in [6.07, 6.45) is 5.12. The molecule has 4 atom stereocenters. The van der Waals surface area contributed by atoms with Gasteiger partial charge in [-0.15, -0.1) is 11.3 Å². The number of amides is 1. The van der Waals surface area contributed by atoms with Crippen LogP contribution in [0.4, 0.5) is 0 Å². The number of nitrogens with zero attached hydrogens (tertiary/aromatic N) is 2. The smallest absolute Gasteiger partial charge is 0.348 e. The number of rotatable bonds is 6. The van der Waals surface area contributed by atoms with Gasteiger partial charge in [-0.3, -0.25) is 4.79 Å². The maximum atomic E-state index is 12.6. The van der Waals surface area contributed by atoms with Crippen LogP contribution >= 0.6 is 22.9 Å². The number of para-hydroxylation sites is 1. The second-order valence-corrected chi connectivity index (χ2v) is 10.5. The van der Waals surface area contributed by atoms with Crippen LogP contribution in [0.25, 0.3) is 15.9 Å². The first-order chi connectivity index (χ1) is 15.4. The van der Waals surface area contributed by atoms with Crippen molar-refractivity contribution in [3.05, 3.63) is 45.9 Å². The van der Waals surface area contributed by atoms with Crippen molar-refractivity contribution in [2.45, 2.75) is 45.6 Å². The zero-order valence-corrected chi connectivity index (χ0v) is 19.7. The van der Waals surface area contributed by atoms with Gasteiger partial charge < -0.3 is 10.1 Å². The van der Waals surface area contributed by atoms with E-state index in [2.05, 4.69) is 17.3 Å². The van der Waals surface area contributed by atoms with Gasteiger partial charge in [0.15, 0.2) is 6.61 Å². The van der Waals surface area contributed by atoms with E-state index in [-0.39, 0.29) is 18.6 Å². The Balaban J connectivity index is 1.24. The molecule has 168 valence electrons. The molecular formula is C24H26ClN3O3S. The van der Waals surface area contributed by atoms with Gasteiger partial charge in [-0.05, 0) is 69.1 Å². The van der Waals surface area contributed by atoms with Crippen molar-refractivity contribution < 1.29 is 14.3 Å². The van der Waals surface area contributed by atoms with Crippen LogP contribution in [0.3, 0.4) is 0 Å². The van der Waals surface area contributed by atoms with Gasteiger partial charge in [0.25, 0.3) is 5.91 Å². The molecule has 2 aliphatic carbocycles. The third-order valence-corrected chi connectivity index (χ3v) is 8.39. The maximum absolute atomic E-state index is 12.6. The lowest BCUT2D eigenvalue weighted by molar-refractivity contribution is -0.125. The number of thiophene rings is 1. The minimum Gasteiger partial charge on any atom is -0.451 e. The highest BCUT2D eigenvalue weighted by Crippen LogP contribution is 2.49. The number of esters is 1. The summed E-state index contributed by atoms with van der Waals surface area (Å²) < 4.78 is 7.08. The molecule has 1 N–H and O–H groups in total. The zero-order valence-electron chi connectivity index (χ0n) is 18.1. The standard InChI is InChI=1S/C24H26ClN3O3S/c1-13(17-10-15-7-8-16(17)9-15)26-22(29)12-31-24(30)21-11-18-14(2)27-28(23(18)32-21)20-6-4-3-5-19(20)25/h3-6,11,13,15-17H,7-10,12H2,1-2H3,(H,26,29)/t13-,15+,16+,17-/m1/s1. The van der Waals surface area contributed by atoms with E-state index < -0.39 is 5.97 Å². The molecular weight excluding hydrogens is 446 g/mol. The van der Waals surface area contributed by atoms with E-state index in [1.165, 1.54) is 37.0 Å². The van der Waals surface area contributed by atoms with Gasteiger partial charge in [-0.25, -0.2) is 9.48 Å². The Hall–Kier alpha value is -2.38.